The van der Waals surface area contributed by atoms with Crippen molar-refractivity contribution in [3.05, 3.63) is 41.6 Å². The van der Waals surface area contributed by atoms with Crippen LogP contribution >= 0.6 is 0 Å². The molecule has 1 aliphatic carbocycles. The number of nitrogens with zero attached hydrogens (tertiary/aromatic N) is 5. The second-order valence-electron chi connectivity index (χ2n) is 14.1. The van der Waals surface area contributed by atoms with E-state index in [-0.39, 0.29) is 46.7 Å². The Bertz CT molecular complexity index is 1660. The van der Waals surface area contributed by atoms with E-state index in [9.17, 15) is 19.2 Å². The summed E-state index contributed by atoms with van der Waals surface area (Å²) in [6.45, 7) is 9.49. The lowest BCUT2D eigenvalue weighted by molar-refractivity contribution is -0.139. The predicted octanol–water partition coefficient (Wildman–Crippen LogP) is 5.84. The van der Waals surface area contributed by atoms with Crippen LogP contribution in [-0.2, 0) is 27.3 Å². The number of carbonyl (C=O) groups is 4. The molecule has 2 fully saturated rings. The number of benzene rings is 1. The predicted molar refractivity (Wildman–Crippen MR) is 167 cm³/mol. The Morgan fingerprint density at radius 3 is 2.45 bits per heavy atom. The van der Waals surface area contributed by atoms with Gasteiger partial charge in [-0.25, -0.2) is 9.97 Å². The molecule has 0 N–H and O–H groups in total. The van der Waals surface area contributed by atoms with Gasteiger partial charge in [-0.3, -0.25) is 23.9 Å². The molecular weight excluding hydrogens is 554 g/mol. The molecule has 2 aliphatic heterocycles. The molecule has 1 amide bonds. The van der Waals surface area contributed by atoms with Crippen molar-refractivity contribution in [3.8, 4) is 11.1 Å². The molecule has 1 aromatic carbocycles. The lowest BCUT2D eigenvalue weighted by atomic mass is 9.80. The Morgan fingerprint density at radius 2 is 1.75 bits per heavy atom. The fraction of sp³-hybridized carbons (Fsp3) is 0.571. The highest BCUT2D eigenvalue weighted by molar-refractivity contribution is 6.07. The lowest BCUT2D eigenvalue weighted by Gasteiger charge is -2.27. The van der Waals surface area contributed by atoms with Crippen molar-refractivity contribution in [3.63, 3.8) is 0 Å². The molecule has 1 saturated heterocycles. The first-order chi connectivity index (χ1) is 20.9. The van der Waals surface area contributed by atoms with Gasteiger partial charge in [-0.05, 0) is 79.5 Å². The Labute approximate surface area is 258 Å². The number of piperidine rings is 1. The minimum Gasteiger partial charge on any atom is -0.327 e. The summed E-state index contributed by atoms with van der Waals surface area (Å²) in [5.41, 5.74) is 3.61. The highest BCUT2D eigenvalue weighted by Crippen LogP contribution is 2.62. The number of aryl methyl sites for hydroxylation is 2. The van der Waals surface area contributed by atoms with Gasteiger partial charge in [0, 0.05) is 55.6 Å². The van der Waals surface area contributed by atoms with E-state index in [4.69, 9.17) is 5.10 Å². The monoisotopic (exact) mass is 597 g/mol. The van der Waals surface area contributed by atoms with Crippen molar-refractivity contribution >= 4 is 34.2 Å². The average molecular weight is 598 g/mol. The quantitative estimate of drug-likeness (QED) is 0.347. The first-order valence-corrected chi connectivity index (χ1v) is 16.1. The molecular formula is C35H43N5O4. The topological polar surface area (TPSA) is 115 Å². The number of Topliss-reactive ketones (excluding diaryl/α,β-unsaturated/α-hetero) is 3. The minimum absolute atomic E-state index is 0.0336. The summed E-state index contributed by atoms with van der Waals surface area (Å²) in [5.74, 6) is 0.692. The van der Waals surface area contributed by atoms with Gasteiger partial charge in [0.25, 0.3) is 0 Å². The molecule has 6 rings (SSSR count). The van der Waals surface area contributed by atoms with E-state index in [1.54, 1.807) is 22.0 Å². The first kappa shape index (κ1) is 30.3. The van der Waals surface area contributed by atoms with Crippen LogP contribution in [-0.4, -0.2) is 60.0 Å². The minimum atomic E-state index is -0.474. The summed E-state index contributed by atoms with van der Waals surface area (Å²) >= 11 is 0. The molecule has 0 unspecified atom stereocenters. The molecule has 44 heavy (non-hydrogen) atoms. The van der Waals surface area contributed by atoms with Gasteiger partial charge in [0.15, 0.2) is 11.6 Å². The number of carbonyl (C=O) groups excluding carboxylic acids is 4. The highest BCUT2D eigenvalue weighted by atomic mass is 16.2. The fourth-order valence-corrected chi connectivity index (χ4v) is 7.77. The Balaban J connectivity index is 1.46. The lowest BCUT2D eigenvalue weighted by Crippen LogP contribution is -2.44. The standard InChI is InChI=1S/C35H43N5O4/c1-6-29(43)28-16-35-12-10-26(42)15-34(4,5)11-8-7-9-23-13-24(25-18-36-22(3)37-19-25)14-27-32(21(2)41)38-39(33(23)27)20-31(44)40(28)30(35)17-35/h13-14,18-19,28,30H,6-12,15-17,20H2,1-5H3/t28-,30+,35-/m0/s1. The molecule has 2 bridgehead atoms. The molecule has 232 valence electrons. The fourth-order valence-electron chi connectivity index (χ4n) is 7.77. The Hall–Kier alpha value is -3.75. The number of ketones is 3. The van der Waals surface area contributed by atoms with Gasteiger partial charge < -0.3 is 4.90 Å². The summed E-state index contributed by atoms with van der Waals surface area (Å²) in [4.78, 5) is 63.9. The molecule has 3 aromatic rings. The second kappa shape index (κ2) is 11.3. The van der Waals surface area contributed by atoms with Gasteiger partial charge in [-0.1, -0.05) is 27.2 Å². The van der Waals surface area contributed by atoms with Crippen LogP contribution in [0.4, 0.5) is 0 Å². The van der Waals surface area contributed by atoms with E-state index >= 15 is 0 Å². The Morgan fingerprint density at radius 1 is 1.00 bits per heavy atom. The summed E-state index contributed by atoms with van der Waals surface area (Å²) in [5, 5.41) is 5.45. The van der Waals surface area contributed by atoms with Crippen LogP contribution in [0, 0.1) is 17.8 Å². The van der Waals surface area contributed by atoms with Gasteiger partial charge in [-0.2, -0.15) is 5.10 Å². The summed E-state index contributed by atoms with van der Waals surface area (Å²) in [6.07, 6.45) is 10.6. The molecule has 4 heterocycles. The van der Waals surface area contributed by atoms with Crippen LogP contribution in [0.25, 0.3) is 22.0 Å². The first-order valence-electron chi connectivity index (χ1n) is 16.1. The number of hydrogen-bond donors (Lipinski definition) is 0. The van der Waals surface area contributed by atoms with Crippen molar-refractivity contribution in [1.82, 2.24) is 24.6 Å². The molecule has 0 spiro atoms. The van der Waals surface area contributed by atoms with Crippen molar-refractivity contribution in [2.75, 3.05) is 0 Å². The number of amides is 1. The van der Waals surface area contributed by atoms with Crippen molar-refractivity contribution in [2.24, 2.45) is 10.8 Å². The van der Waals surface area contributed by atoms with E-state index in [0.29, 0.717) is 42.6 Å². The summed E-state index contributed by atoms with van der Waals surface area (Å²) in [7, 11) is 0. The molecule has 3 atom stereocenters. The third-order valence-corrected chi connectivity index (χ3v) is 10.2. The van der Waals surface area contributed by atoms with Crippen LogP contribution in [0.15, 0.2) is 24.5 Å². The summed E-state index contributed by atoms with van der Waals surface area (Å²) < 4.78 is 1.70. The highest BCUT2D eigenvalue weighted by Gasteiger charge is 2.66. The van der Waals surface area contributed by atoms with Crippen LogP contribution < -0.4 is 0 Å². The van der Waals surface area contributed by atoms with E-state index in [1.165, 1.54) is 6.92 Å². The average Bonchev–Trinajstić information content (AvgIpc) is 3.39. The van der Waals surface area contributed by atoms with Crippen molar-refractivity contribution in [1.29, 1.82) is 0 Å². The van der Waals surface area contributed by atoms with Crippen LogP contribution in [0.5, 0.6) is 0 Å². The van der Waals surface area contributed by atoms with Crippen LogP contribution in [0.2, 0.25) is 0 Å². The number of rotatable bonds is 4. The van der Waals surface area contributed by atoms with Gasteiger partial charge in [0.05, 0.1) is 11.6 Å². The van der Waals surface area contributed by atoms with Crippen molar-refractivity contribution in [2.45, 2.75) is 117 Å². The second-order valence-corrected chi connectivity index (χ2v) is 14.1. The van der Waals surface area contributed by atoms with Gasteiger partial charge in [0.2, 0.25) is 5.91 Å². The van der Waals surface area contributed by atoms with Gasteiger partial charge in [-0.15, -0.1) is 0 Å². The van der Waals surface area contributed by atoms with Gasteiger partial charge in [0.1, 0.15) is 23.8 Å². The smallest absolute Gasteiger partial charge is 0.245 e. The van der Waals surface area contributed by atoms with Crippen molar-refractivity contribution < 1.29 is 19.2 Å². The molecule has 9 nitrogen and oxygen atoms in total. The zero-order valence-electron chi connectivity index (χ0n) is 26.6. The SMILES string of the molecule is CCC(=O)[C@@H]1C[C@]23CCC(=O)CC(C)(C)CCCCc4cc(-c5cnc(C)nc5)cc5c(C(C)=O)nn(c45)CC(=O)N1[C@@H]2C3. The van der Waals surface area contributed by atoms with Crippen LogP contribution in [0.1, 0.15) is 107 Å². The summed E-state index contributed by atoms with van der Waals surface area (Å²) in [6, 6.07) is 3.56. The molecule has 3 aliphatic rings. The maximum absolute atomic E-state index is 14.1. The molecule has 1 saturated carbocycles. The zero-order chi connectivity index (χ0) is 31.4. The Kier molecular flexibility index (Phi) is 7.79. The zero-order valence-corrected chi connectivity index (χ0v) is 26.6. The third-order valence-electron chi connectivity index (χ3n) is 10.2. The largest absolute Gasteiger partial charge is 0.327 e. The maximum Gasteiger partial charge on any atom is 0.245 e. The third kappa shape index (κ3) is 5.61. The van der Waals surface area contributed by atoms with Gasteiger partial charge >= 0.3 is 0 Å². The van der Waals surface area contributed by atoms with E-state index < -0.39 is 6.04 Å². The maximum atomic E-state index is 14.1. The molecule has 9 heteroatoms. The van der Waals surface area contributed by atoms with E-state index in [1.807, 2.05) is 19.9 Å². The normalized spacial score (nSPS) is 25.5. The van der Waals surface area contributed by atoms with E-state index in [2.05, 4.69) is 29.9 Å². The molecule has 2 aromatic heterocycles. The number of aromatic nitrogens is 4. The van der Waals surface area contributed by atoms with E-state index in [0.717, 1.165) is 60.7 Å². The molecule has 0 radical (unpaired) electrons. The number of hydrogen-bond acceptors (Lipinski definition) is 7. The van der Waals surface area contributed by atoms with Crippen LogP contribution in [0.3, 0.4) is 0 Å².